The Bertz CT molecular complexity index is 673. The molecule has 0 fully saturated rings. The lowest BCUT2D eigenvalue weighted by Gasteiger charge is -2.13. The molecule has 1 amide bonds. The number of para-hydroxylation sites is 1. The molecule has 0 aliphatic rings. The molecular weight excluding hydrogens is 314 g/mol. The monoisotopic (exact) mass is 333 g/mol. The van der Waals surface area contributed by atoms with Gasteiger partial charge in [0.25, 0.3) is 5.91 Å². The molecule has 2 aromatic rings. The van der Waals surface area contributed by atoms with Crippen LogP contribution in [0.3, 0.4) is 0 Å². The van der Waals surface area contributed by atoms with Crippen LogP contribution in [0.15, 0.2) is 42.5 Å². The van der Waals surface area contributed by atoms with Crippen molar-refractivity contribution in [3.63, 3.8) is 0 Å². The standard InChI is InChI=1S/C18H20ClNO3/c1-3-11-23-16-10-9-13(12-17(16)22-4-2)18(21)20-15-8-6-5-7-14(15)19/h5-10,12H,3-4,11H2,1-2H3,(H,20,21). The Morgan fingerprint density at radius 2 is 1.87 bits per heavy atom. The summed E-state index contributed by atoms with van der Waals surface area (Å²) in [7, 11) is 0. The number of hydrogen-bond donors (Lipinski definition) is 1. The summed E-state index contributed by atoms with van der Waals surface area (Å²) in [6.45, 7) is 5.02. The SMILES string of the molecule is CCCOc1ccc(C(=O)Nc2ccccc2Cl)cc1OCC. The average Bonchev–Trinajstić information content (AvgIpc) is 2.56. The number of rotatable bonds is 7. The lowest BCUT2D eigenvalue weighted by Crippen LogP contribution is -2.12. The van der Waals surface area contributed by atoms with Crippen LogP contribution in [-0.4, -0.2) is 19.1 Å². The van der Waals surface area contributed by atoms with E-state index in [1.54, 1.807) is 30.3 Å². The maximum atomic E-state index is 12.4. The van der Waals surface area contributed by atoms with E-state index in [-0.39, 0.29) is 5.91 Å². The van der Waals surface area contributed by atoms with Crippen LogP contribution in [0.25, 0.3) is 0 Å². The molecule has 1 N–H and O–H groups in total. The van der Waals surface area contributed by atoms with Gasteiger partial charge in [0.05, 0.1) is 23.9 Å². The summed E-state index contributed by atoms with van der Waals surface area (Å²) < 4.78 is 11.2. The fourth-order valence-electron chi connectivity index (χ4n) is 2.01. The van der Waals surface area contributed by atoms with Crippen LogP contribution in [0.2, 0.25) is 5.02 Å². The number of carbonyl (C=O) groups excluding carboxylic acids is 1. The van der Waals surface area contributed by atoms with Crippen LogP contribution in [0.1, 0.15) is 30.6 Å². The van der Waals surface area contributed by atoms with Gasteiger partial charge in [0.1, 0.15) is 0 Å². The fraction of sp³-hybridized carbons (Fsp3) is 0.278. The lowest BCUT2D eigenvalue weighted by molar-refractivity contribution is 0.102. The van der Waals surface area contributed by atoms with Gasteiger partial charge in [-0.25, -0.2) is 0 Å². The minimum absolute atomic E-state index is 0.249. The van der Waals surface area contributed by atoms with Gasteiger partial charge in [-0.05, 0) is 43.7 Å². The number of benzene rings is 2. The molecule has 0 aliphatic heterocycles. The van der Waals surface area contributed by atoms with Crippen LogP contribution in [0, 0.1) is 0 Å². The van der Waals surface area contributed by atoms with Crippen molar-refractivity contribution >= 4 is 23.2 Å². The number of carbonyl (C=O) groups is 1. The molecule has 2 rings (SSSR count). The van der Waals surface area contributed by atoms with E-state index in [9.17, 15) is 4.79 Å². The van der Waals surface area contributed by atoms with Gasteiger partial charge < -0.3 is 14.8 Å². The molecule has 0 saturated heterocycles. The van der Waals surface area contributed by atoms with Crippen molar-refractivity contribution in [2.24, 2.45) is 0 Å². The normalized spacial score (nSPS) is 10.2. The Balaban J connectivity index is 2.20. The quantitative estimate of drug-likeness (QED) is 0.793. The van der Waals surface area contributed by atoms with E-state index in [1.165, 1.54) is 0 Å². The topological polar surface area (TPSA) is 47.6 Å². The maximum Gasteiger partial charge on any atom is 0.255 e. The van der Waals surface area contributed by atoms with E-state index in [2.05, 4.69) is 5.32 Å². The van der Waals surface area contributed by atoms with Crippen molar-refractivity contribution in [1.82, 2.24) is 0 Å². The van der Waals surface area contributed by atoms with Gasteiger partial charge in [0.2, 0.25) is 0 Å². The second-order valence-electron chi connectivity index (χ2n) is 4.88. The molecule has 0 heterocycles. The highest BCUT2D eigenvalue weighted by molar-refractivity contribution is 6.33. The lowest BCUT2D eigenvalue weighted by atomic mass is 10.1. The van der Waals surface area contributed by atoms with Crippen LogP contribution in [-0.2, 0) is 0 Å². The highest BCUT2D eigenvalue weighted by atomic mass is 35.5. The van der Waals surface area contributed by atoms with Gasteiger partial charge in [-0.15, -0.1) is 0 Å². The van der Waals surface area contributed by atoms with Crippen molar-refractivity contribution in [3.8, 4) is 11.5 Å². The highest BCUT2D eigenvalue weighted by Crippen LogP contribution is 2.29. The first kappa shape index (κ1) is 17.2. The Hall–Kier alpha value is -2.20. The molecule has 2 aromatic carbocycles. The minimum atomic E-state index is -0.249. The number of anilines is 1. The molecule has 0 aliphatic carbocycles. The summed E-state index contributed by atoms with van der Waals surface area (Å²) >= 11 is 6.06. The first-order chi connectivity index (χ1) is 11.2. The minimum Gasteiger partial charge on any atom is -0.490 e. The Labute approximate surface area is 141 Å². The molecule has 0 unspecified atom stereocenters. The molecule has 23 heavy (non-hydrogen) atoms. The summed E-state index contributed by atoms with van der Waals surface area (Å²) in [5.74, 6) is 0.955. The zero-order valence-corrected chi connectivity index (χ0v) is 14.0. The first-order valence-electron chi connectivity index (χ1n) is 7.61. The predicted molar refractivity (Wildman–Crippen MR) is 92.8 cm³/mol. The smallest absolute Gasteiger partial charge is 0.255 e. The molecule has 0 aromatic heterocycles. The van der Waals surface area contributed by atoms with E-state index < -0.39 is 0 Å². The van der Waals surface area contributed by atoms with E-state index in [0.29, 0.717) is 41.0 Å². The maximum absolute atomic E-state index is 12.4. The van der Waals surface area contributed by atoms with Crippen LogP contribution < -0.4 is 14.8 Å². The Morgan fingerprint density at radius 1 is 1.09 bits per heavy atom. The third-order valence-electron chi connectivity index (χ3n) is 3.09. The molecular formula is C18H20ClNO3. The summed E-state index contributed by atoms with van der Waals surface area (Å²) in [5, 5.41) is 3.29. The van der Waals surface area contributed by atoms with Crippen molar-refractivity contribution < 1.29 is 14.3 Å². The molecule has 5 heteroatoms. The molecule has 0 atom stereocenters. The van der Waals surface area contributed by atoms with Crippen molar-refractivity contribution in [2.75, 3.05) is 18.5 Å². The van der Waals surface area contributed by atoms with Crippen LogP contribution in [0.5, 0.6) is 11.5 Å². The summed E-state index contributed by atoms with van der Waals surface area (Å²) in [5.41, 5.74) is 1.06. The van der Waals surface area contributed by atoms with E-state index in [0.717, 1.165) is 6.42 Å². The third-order valence-corrected chi connectivity index (χ3v) is 3.42. The molecule has 122 valence electrons. The summed E-state index contributed by atoms with van der Waals surface area (Å²) in [6, 6.07) is 12.2. The number of amides is 1. The van der Waals surface area contributed by atoms with Gasteiger partial charge in [0.15, 0.2) is 11.5 Å². The number of hydrogen-bond acceptors (Lipinski definition) is 3. The van der Waals surface area contributed by atoms with Gasteiger partial charge >= 0.3 is 0 Å². The van der Waals surface area contributed by atoms with Crippen LogP contribution in [0.4, 0.5) is 5.69 Å². The second kappa shape index (κ2) is 8.44. The zero-order valence-electron chi connectivity index (χ0n) is 13.3. The average molecular weight is 334 g/mol. The third kappa shape index (κ3) is 4.63. The highest BCUT2D eigenvalue weighted by Gasteiger charge is 2.13. The Morgan fingerprint density at radius 3 is 2.57 bits per heavy atom. The van der Waals surface area contributed by atoms with E-state index >= 15 is 0 Å². The second-order valence-corrected chi connectivity index (χ2v) is 5.28. The first-order valence-corrected chi connectivity index (χ1v) is 7.99. The Kier molecular flexibility index (Phi) is 6.29. The summed E-state index contributed by atoms with van der Waals surface area (Å²) in [6.07, 6.45) is 0.903. The number of nitrogens with one attached hydrogen (secondary N) is 1. The largest absolute Gasteiger partial charge is 0.490 e. The molecule has 0 spiro atoms. The number of ether oxygens (including phenoxy) is 2. The molecule has 0 saturated carbocycles. The van der Waals surface area contributed by atoms with Crippen LogP contribution >= 0.6 is 11.6 Å². The molecule has 0 bridgehead atoms. The molecule has 0 radical (unpaired) electrons. The van der Waals surface area contributed by atoms with E-state index in [4.69, 9.17) is 21.1 Å². The van der Waals surface area contributed by atoms with E-state index in [1.807, 2.05) is 26.0 Å². The zero-order chi connectivity index (χ0) is 16.7. The van der Waals surface area contributed by atoms with Gasteiger partial charge in [-0.1, -0.05) is 30.7 Å². The van der Waals surface area contributed by atoms with Crippen molar-refractivity contribution in [3.05, 3.63) is 53.1 Å². The van der Waals surface area contributed by atoms with Crippen molar-refractivity contribution in [1.29, 1.82) is 0 Å². The van der Waals surface area contributed by atoms with Gasteiger partial charge in [0, 0.05) is 5.56 Å². The fourth-order valence-corrected chi connectivity index (χ4v) is 2.19. The van der Waals surface area contributed by atoms with Crippen molar-refractivity contribution in [2.45, 2.75) is 20.3 Å². The van der Waals surface area contributed by atoms with Gasteiger partial charge in [-0.2, -0.15) is 0 Å². The number of halogens is 1. The summed E-state index contributed by atoms with van der Waals surface area (Å²) in [4.78, 5) is 12.4. The predicted octanol–water partition coefficient (Wildman–Crippen LogP) is 4.78. The molecule has 4 nitrogen and oxygen atoms in total. The van der Waals surface area contributed by atoms with Gasteiger partial charge in [-0.3, -0.25) is 4.79 Å².